The summed E-state index contributed by atoms with van der Waals surface area (Å²) in [6, 6.07) is 2.31. The fourth-order valence-corrected chi connectivity index (χ4v) is 2.48. The molecule has 4 heteroatoms. The van der Waals surface area contributed by atoms with E-state index in [2.05, 4.69) is 18.3 Å². The number of unbranched alkanes of at least 4 members (excludes halogenated alkanes) is 1. The van der Waals surface area contributed by atoms with Crippen molar-refractivity contribution in [1.82, 2.24) is 10.2 Å². The Kier molecular flexibility index (Phi) is 6.14. The molecule has 0 aromatic heterocycles. The molecule has 0 aliphatic heterocycles. The molecule has 0 aromatic rings. The van der Waals surface area contributed by atoms with Gasteiger partial charge in [0.1, 0.15) is 5.54 Å². The summed E-state index contributed by atoms with van der Waals surface area (Å²) in [6.45, 7) is 3.47. The first-order chi connectivity index (χ1) is 8.62. The molecule has 0 atom stereocenters. The van der Waals surface area contributed by atoms with Crippen molar-refractivity contribution in [1.29, 1.82) is 5.26 Å². The van der Waals surface area contributed by atoms with E-state index in [1.165, 1.54) is 6.42 Å². The van der Waals surface area contributed by atoms with E-state index in [-0.39, 0.29) is 5.91 Å². The Balaban J connectivity index is 2.40. The molecule has 1 amide bonds. The monoisotopic (exact) mass is 251 g/mol. The minimum absolute atomic E-state index is 0.0166. The lowest BCUT2D eigenvalue weighted by molar-refractivity contribution is -0.123. The average molecular weight is 251 g/mol. The van der Waals surface area contributed by atoms with Crippen LogP contribution in [0.4, 0.5) is 0 Å². The van der Waals surface area contributed by atoms with Gasteiger partial charge in [-0.2, -0.15) is 5.26 Å². The number of hydrogen-bond acceptors (Lipinski definition) is 3. The molecule has 1 fully saturated rings. The SMILES string of the molecule is CCCCN(C)CC(=O)NC1(C#N)CCCCC1. The zero-order valence-corrected chi connectivity index (χ0v) is 11.7. The molecule has 1 N–H and O–H groups in total. The van der Waals surface area contributed by atoms with E-state index in [1.54, 1.807) is 0 Å². The second-order valence-electron chi connectivity index (χ2n) is 5.39. The van der Waals surface area contributed by atoms with Crippen LogP contribution in [0.3, 0.4) is 0 Å². The molecular weight excluding hydrogens is 226 g/mol. The van der Waals surface area contributed by atoms with E-state index in [1.807, 2.05) is 11.9 Å². The fourth-order valence-electron chi connectivity index (χ4n) is 2.48. The number of hydrogen-bond donors (Lipinski definition) is 1. The van der Waals surface area contributed by atoms with Crippen LogP contribution in [0.1, 0.15) is 51.9 Å². The molecular formula is C14H25N3O. The summed E-state index contributed by atoms with van der Waals surface area (Å²) < 4.78 is 0. The molecule has 0 spiro atoms. The summed E-state index contributed by atoms with van der Waals surface area (Å²) in [6.07, 6.45) is 7.10. The van der Waals surface area contributed by atoms with E-state index in [0.717, 1.165) is 45.1 Å². The highest BCUT2D eigenvalue weighted by Crippen LogP contribution is 2.27. The lowest BCUT2D eigenvalue weighted by atomic mass is 9.83. The van der Waals surface area contributed by atoms with Crippen molar-refractivity contribution in [2.24, 2.45) is 0 Å². The van der Waals surface area contributed by atoms with Crippen LogP contribution in [0.2, 0.25) is 0 Å². The Bertz CT molecular complexity index is 303. The first kappa shape index (κ1) is 15.0. The van der Waals surface area contributed by atoms with Gasteiger partial charge in [-0.1, -0.05) is 32.6 Å². The van der Waals surface area contributed by atoms with Gasteiger partial charge in [0.2, 0.25) is 5.91 Å². The Labute approximate surface area is 110 Å². The number of nitrogens with one attached hydrogen (secondary N) is 1. The van der Waals surface area contributed by atoms with Crippen LogP contribution in [0.15, 0.2) is 0 Å². The van der Waals surface area contributed by atoms with E-state index < -0.39 is 5.54 Å². The van der Waals surface area contributed by atoms with Crippen molar-refractivity contribution < 1.29 is 4.79 Å². The van der Waals surface area contributed by atoms with Crippen LogP contribution in [-0.4, -0.2) is 36.5 Å². The van der Waals surface area contributed by atoms with Gasteiger partial charge in [-0.25, -0.2) is 0 Å². The van der Waals surface area contributed by atoms with Crippen LogP contribution in [-0.2, 0) is 4.79 Å². The molecule has 0 bridgehead atoms. The van der Waals surface area contributed by atoms with Crippen molar-refractivity contribution in [3.63, 3.8) is 0 Å². The van der Waals surface area contributed by atoms with Gasteiger partial charge in [0.15, 0.2) is 0 Å². The van der Waals surface area contributed by atoms with E-state index >= 15 is 0 Å². The second-order valence-corrected chi connectivity index (χ2v) is 5.39. The second kappa shape index (κ2) is 7.38. The number of nitrogens with zero attached hydrogens (tertiary/aromatic N) is 2. The van der Waals surface area contributed by atoms with Crippen molar-refractivity contribution in [3.8, 4) is 6.07 Å². The van der Waals surface area contributed by atoms with Gasteiger partial charge in [0.25, 0.3) is 0 Å². The predicted octanol–water partition coefficient (Wildman–Crippen LogP) is 2.06. The maximum atomic E-state index is 11.9. The maximum absolute atomic E-state index is 11.9. The number of nitriles is 1. The standard InChI is InChI=1S/C14H25N3O/c1-3-4-10-17(2)11-13(18)16-14(12-15)8-6-5-7-9-14/h3-11H2,1-2H3,(H,16,18). The molecule has 102 valence electrons. The van der Waals surface area contributed by atoms with Gasteiger partial charge in [-0.15, -0.1) is 0 Å². The van der Waals surface area contributed by atoms with Gasteiger partial charge in [-0.05, 0) is 32.9 Å². The summed E-state index contributed by atoms with van der Waals surface area (Å²) in [5.41, 5.74) is -0.596. The van der Waals surface area contributed by atoms with Gasteiger partial charge < -0.3 is 5.32 Å². The fraction of sp³-hybridized carbons (Fsp3) is 0.857. The van der Waals surface area contributed by atoms with Crippen LogP contribution in [0, 0.1) is 11.3 Å². The smallest absolute Gasteiger partial charge is 0.235 e. The lowest BCUT2D eigenvalue weighted by Gasteiger charge is -2.32. The van der Waals surface area contributed by atoms with Gasteiger partial charge >= 0.3 is 0 Å². The molecule has 0 unspecified atom stereocenters. The molecule has 1 rings (SSSR count). The van der Waals surface area contributed by atoms with E-state index in [9.17, 15) is 10.1 Å². The summed E-state index contributed by atoms with van der Waals surface area (Å²) in [5, 5.41) is 12.2. The largest absolute Gasteiger partial charge is 0.337 e. The third-order valence-electron chi connectivity index (χ3n) is 3.61. The predicted molar refractivity (Wildman–Crippen MR) is 72.0 cm³/mol. The molecule has 4 nitrogen and oxygen atoms in total. The Morgan fingerprint density at radius 1 is 1.39 bits per heavy atom. The average Bonchev–Trinajstić information content (AvgIpc) is 2.37. The van der Waals surface area contributed by atoms with E-state index in [0.29, 0.717) is 6.54 Å². The first-order valence-corrected chi connectivity index (χ1v) is 7.03. The molecule has 0 saturated heterocycles. The molecule has 1 aliphatic carbocycles. The van der Waals surface area contributed by atoms with Gasteiger partial charge in [0, 0.05) is 0 Å². The Morgan fingerprint density at radius 2 is 2.06 bits per heavy atom. The van der Waals surface area contributed by atoms with E-state index in [4.69, 9.17) is 0 Å². The molecule has 1 aliphatic rings. The first-order valence-electron chi connectivity index (χ1n) is 7.03. The minimum atomic E-state index is -0.596. The highest BCUT2D eigenvalue weighted by atomic mass is 16.2. The van der Waals surface area contributed by atoms with Crippen LogP contribution < -0.4 is 5.32 Å². The highest BCUT2D eigenvalue weighted by molar-refractivity contribution is 5.79. The number of rotatable bonds is 6. The third-order valence-corrected chi connectivity index (χ3v) is 3.61. The van der Waals surface area contributed by atoms with Gasteiger partial charge in [-0.3, -0.25) is 9.69 Å². The third kappa shape index (κ3) is 4.66. The molecule has 0 aromatic carbocycles. The summed E-state index contributed by atoms with van der Waals surface area (Å²) in [5.74, 6) is -0.0166. The van der Waals surface area contributed by atoms with Crippen molar-refractivity contribution in [3.05, 3.63) is 0 Å². The summed E-state index contributed by atoms with van der Waals surface area (Å²) in [4.78, 5) is 14.0. The Hall–Kier alpha value is -1.08. The quantitative estimate of drug-likeness (QED) is 0.786. The van der Waals surface area contributed by atoms with Gasteiger partial charge in [0.05, 0.1) is 12.6 Å². The highest BCUT2D eigenvalue weighted by Gasteiger charge is 2.33. The van der Waals surface area contributed by atoms with Crippen LogP contribution >= 0.6 is 0 Å². The zero-order valence-electron chi connectivity index (χ0n) is 11.7. The normalized spacial score (nSPS) is 18.3. The minimum Gasteiger partial charge on any atom is -0.337 e. The van der Waals surface area contributed by atoms with Crippen LogP contribution in [0.25, 0.3) is 0 Å². The number of likely N-dealkylation sites (N-methyl/N-ethyl adjacent to an activating group) is 1. The number of amides is 1. The topological polar surface area (TPSA) is 56.1 Å². The van der Waals surface area contributed by atoms with Crippen molar-refractivity contribution in [2.45, 2.75) is 57.4 Å². The molecule has 0 radical (unpaired) electrons. The van der Waals surface area contributed by atoms with Crippen LogP contribution in [0.5, 0.6) is 0 Å². The summed E-state index contributed by atoms with van der Waals surface area (Å²) in [7, 11) is 1.95. The Morgan fingerprint density at radius 3 is 2.61 bits per heavy atom. The number of carbonyl (C=O) groups is 1. The zero-order chi connectivity index (χ0) is 13.4. The molecule has 1 saturated carbocycles. The molecule has 0 heterocycles. The summed E-state index contributed by atoms with van der Waals surface area (Å²) >= 11 is 0. The maximum Gasteiger partial charge on any atom is 0.235 e. The van der Waals surface area contributed by atoms with Crippen molar-refractivity contribution in [2.75, 3.05) is 20.1 Å². The number of carbonyl (C=O) groups excluding carboxylic acids is 1. The van der Waals surface area contributed by atoms with Crippen molar-refractivity contribution >= 4 is 5.91 Å². The lowest BCUT2D eigenvalue weighted by Crippen LogP contribution is -2.51. The molecule has 18 heavy (non-hydrogen) atoms.